The highest BCUT2D eigenvalue weighted by Gasteiger charge is 2.26. The Balaban J connectivity index is 2.09. The molecule has 0 aliphatic heterocycles. The third-order valence-electron chi connectivity index (χ3n) is 3.20. The molecule has 0 atom stereocenters. The van der Waals surface area contributed by atoms with Crippen molar-refractivity contribution in [3.05, 3.63) is 22.0 Å². The Bertz CT molecular complexity index is 643. The van der Waals surface area contributed by atoms with Crippen molar-refractivity contribution in [3.63, 3.8) is 0 Å². The Labute approximate surface area is 109 Å². The molecule has 1 amide bonds. The SMILES string of the molecule is Cc1nc(C)c2c(C)c(C(=O)NC3CC3)sc2n1. The Morgan fingerprint density at radius 2 is 2.00 bits per heavy atom. The number of aryl methyl sites for hydroxylation is 3. The minimum Gasteiger partial charge on any atom is -0.349 e. The number of amides is 1. The standard InChI is InChI=1S/C13H15N3OS/c1-6-10-7(2)14-8(3)15-13(10)18-11(6)12(17)16-9-4-5-9/h9H,4-5H2,1-3H3,(H,16,17). The average Bonchev–Trinajstić information content (AvgIpc) is 3.02. The maximum Gasteiger partial charge on any atom is 0.261 e. The number of nitrogens with one attached hydrogen (secondary N) is 1. The first-order chi connectivity index (χ1) is 8.56. The molecule has 1 saturated carbocycles. The van der Waals surface area contributed by atoms with Gasteiger partial charge in [0.15, 0.2) is 0 Å². The van der Waals surface area contributed by atoms with E-state index in [2.05, 4.69) is 15.3 Å². The lowest BCUT2D eigenvalue weighted by Gasteiger charge is -2.01. The first kappa shape index (κ1) is 11.6. The first-order valence-corrected chi connectivity index (χ1v) is 6.93. The third-order valence-corrected chi connectivity index (χ3v) is 4.39. The van der Waals surface area contributed by atoms with Crippen LogP contribution in [0.5, 0.6) is 0 Å². The van der Waals surface area contributed by atoms with Crippen LogP contribution in [0, 0.1) is 20.8 Å². The maximum absolute atomic E-state index is 12.1. The number of hydrogen-bond acceptors (Lipinski definition) is 4. The highest BCUT2D eigenvalue weighted by molar-refractivity contribution is 7.20. The average molecular weight is 261 g/mol. The fourth-order valence-corrected chi connectivity index (χ4v) is 3.35. The van der Waals surface area contributed by atoms with E-state index in [1.807, 2.05) is 20.8 Å². The van der Waals surface area contributed by atoms with E-state index in [4.69, 9.17) is 0 Å². The molecule has 0 unspecified atom stereocenters. The highest BCUT2D eigenvalue weighted by atomic mass is 32.1. The lowest BCUT2D eigenvalue weighted by atomic mass is 10.1. The van der Waals surface area contributed by atoms with Gasteiger partial charge in [0.05, 0.1) is 4.88 Å². The summed E-state index contributed by atoms with van der Waals surface area (Å²) in [5.41, 5.74) is 1.96. The van der Waals surface area contributed by atoms with E-state index in [9.17, 15) is 4.79 Å². The van der Waals surface area contributed by atoms with E-state index in [0.717, 1.165) is 45.0 Å². The van der Waals surface area contributed by atoms with Gasteiger partial charge in [-0.2, -0.15) is 0 Å². The molecule has 1 fully saturated rings. The highest BCUT2D eigenvalue weighted by Crippen LogP contribution is 2.31. The van der Waals surface area contributed by atoms with Crippen LogP contribution >= 0.6 is 11.3 Å². The molecule has 2 aromatic rings. The zero-order chi connectivity index (χ0) is 12.9. The van der Waals surface area contributed by atoms with Gasteiger partial charge in [-0.1, -0.05) is 0 Å². The molecule has 0 bridgehead atoms. The van der Waals surface area contributed by atoms with Gasteiger partial charge in [0, 0.05) is 17.1 Å². The van der Waals surface area contributed by atoms with Gasteiger partial charge in [0.25, 0.3) is 5.91 Å². The molecule has 2 aromatic heterocycles. The second-order valence-electron chi connectivity index (χ2n) is 4.84. The summed E-state index contributed by atoms with van der Waals surface area (Å²) in [6.45, 7) is 5.83. The summed E-state index contributed by atoms with van der Waals surface area (Å²) >= 11 is 1.47. The molecule has 1 N–H and O–H groups in total. The molecular formula is C13H15N3OS. The molecule has 3 rings (SSSR count). The monoisotopic (exact) mass is 261 g/mol. The van der Waals surface area contributed by atoms with Crippen LogP contribution in [0.3, 0.4) is 0 Å². The number of carbonyl (C=O) groups excluding carboxylic acids is 1. The van der Waals surface area contributed by atoms with Crippen molar-refractivity contribution in [1.29, 1.82) is 0 Å². The largest absolute Gasteiger partial charge is 0.349 e. The zero-order valence-electron chi connectivity index (χ0n) is 10.7. The van der Waals surface area contributed by atoms with Crippen molar-refractivity contribution in [2.45, 2.75) is 39.7 Å². The Morgan fingerprint density at radius 3 is 2.67 bits per heavy atom. The fraction of sp³-hybridized carbons (Fsp3) is 0.462. The summed E-state index contributed by atoms with van der Waals surface area (Å²) < 4.78 is 0. The normalized spacial score (nSPS) is 15.1. The van der Waals surface area contributed by atoms with Crippen molar-refractivity contribution < 1.29 is 4.79 Å². The Hall–Kier alpha value is -1.49. The quantitative estimate of drug-likeness (QED) is 0.903. The van der Waals surface area contributed by atoms with Crippen LogP contribution in [-0.2, 0) is 0 Å². The smallest absolute Gasteiger partial charge is 0.261 e. The minimum absolute atomic E-state index is 0.0371. The molecule has 1 aliphatic rings. The zero-order valence-corrected chi connectivity index (χ0v) is 11.5. The number of fused-ring (bicyclic) bond motifs is 1. The number of rotatable bonds is 2. The molecule has 5 heteroatoms. The topological polar surface area (TPSA) is 54.9 Å². The van der Waals surface area contributed by atoms with Crippen molar-refractivity contribution >= 4 is 27.5 Å². The number of carbonyl (C=O) groups is 1. The Kier molecular flexibility index (Phi) is 2.59. The third kappa shape index (κ3) is 1.88. The summed E-state index contributed by atoms with van der Waals surface area (Å²) in [6.07, 6.45) is 2.21. The summed E-state index contributed by atoms with van der Waals surface area (Å²) in [5.74, 6) is 0.797. The number of thiophene rings is 1. The summed E-state index contributed by atoms with van der Waals surface area (Å²) in [6, 6.07) is 0.385. The van der Waals surface area contributed by atoms with E-state index in [-0.39, 0.29) is 5.91 Å². The van der Waals surface area contributed by atoms with Crippen molar-refractivity contribution in [3.8, 4) is 0 Å². The van der Waals surface area contributed by atoms with E-state index in [1.165, 1.54) is 11.3 Å². The summed E-state index contributed by atoms with van der Waals surface area (Å²) in [7, 11) is 0. The van der Waals surface area contributed by atoms with Crippen LogP contribution < -0.4 is 5.32 Å². The molecule has 4 nitrogen and oxygen atoms in total. The summed E-state index contributed by atoms with van der Waals surface area (Å²) in [4.78, 5) is 22.6. The van der Waals surface area contributed by atoms with Gasteiger partial charge in [-0.15, -0.1) is 11.3 Å². The lowest BCUT2D eigenvalue weighted by Crippen LogP contribution is -2.24. The molecule has 0 aromatic carbocycles. The van der Waals surface area contributed by atoms with Crippen LogP contribution in [0.25, 0.3) is 10.2 Å². The van der Waals surface area contributed by atoms with E-state index in [0.29, 0.717) is 6.04 Å². The van der Waals surface area contributed by atoms with Crippen LogP contribution in [0.15, 0.2) is 0 Å². The second-order valence-corrected chi connectivity index (χ2v) is 5.84. The van der Waals surface area contributed by atoms with Gasteiger partial charge < -0.3 is 5.32 Å². The van der Waals surface area contributed by atoms with Gasteiger partial charge in [0.2, 0.25) is 0 Å². The van der Waals surface area contributed by atoms with Crippen LogP contribution in [0.2, 0.25) is 0 Å². The molecule has 2 heterocycles. The second kappa shape index (κ2) is 4.02. The predicted octanol–water partition coefficient (Wildman–Crippen LogP) is 2.51. The minimum atomic E-state index is 0.0371. The van der Waals surface area contributed by atoms with Crippen LogP contribution in [0.1, 0.15) is 39.6 Å². The van der Waals surface area contributed by atoms with Gasteiger partial charge in [-0.05, 0) is 39.2 Å². The van der Waals surface area contributed by atoms with E-state index >= 15 is 0 Å². The van der Waals surface area contributed by atoms with Gasteiger partial charge >= 0.3 is 0 Å². The van der Waals surface area contributed by atoms with Crippen LogP contribution in [0.4, 0.5) is 0 Å². The predicted molar refractivity (Wildman–Crippen MR) is 72.1 cm³/mol. The molecule has 0 radical (unpaired) electrons. The number of nitrogens with zero attached hydrogens (tertiary/aromatic N) is 2. The molecule has 94 valence electrons. The maximum atomic E-state index is 12.1. The van der Waals surface area contributed by atoms with E-state index in [1.54, 1.807) is 0 Å². The number of aromatic nitrogens is 2. The fourth-order valence-electron chi connectivity index (χ4n) is 2.17. The van der Waals surface area contributed by atoms with Crippen molar-refractivity contribution in [1.82, 2.24) is 15.3 Å². The summed E-state index contributed by atoms with van der Waals surface area (Å²) in [5, 5.41) is 4.06. The molecule has 18 heavy (non-hydrogen) atoms. The van der Waals surface area contributed by atoms with Gasteiger partial charge in [-0.25, -0.2) is 9.97 Å². The van der Waals surface area contributed by atoms with Gasteiger partial charge in [0.1, 0.15) is 10.7 Å². The molecule has 0 spiro atoms. The van der Waals surface area contributed by atoms with Crippen molar-refractivity contribution in [2.24, 2.45) is 0 Å². The molecular weight excluding hydrogens is 246 g/mol. The van der Waals surface area contributed by atoms with Crippen molar-refractivity contribution in [2.75, 3.05) is 0 Å². The first-order valence-electron chi connectivity index (χ1n) is 6.11. The number of hydrogen-bond donors (Lipinski definition) is 1. The molecule has 0 saturated heterocycles. The lowest BCUT2D eigenvalue weighted by molar-refractivity contribution is 0.0954. The Morgan fingerprint density at radius 1 is 1.28 bits per heavy atom. The van der Waals surface area contributed by atoms with E-state index < -0.39 is 0 Å². The van der Waals surface area contributed by atoms with Gasteiger partial charge in [-0.3, -0.25) is 4.79 Å². The molecule has 1 aliphatic carbocycles. The van der Waals surface area contributed by atoms with Crippen LogP contribution in [-0.4, -0.2) is 21.9 Å².